The molecule has 1 amide bonds. The van der Waals surface area contributed by atoms with Crippen molar-refractivity contribution < 1.29 is 18.7 Å². The molecule has 0 bridgehead atoms. The molecule has 0 saturated carbocycles. The second-order valence-corrected chi connectivity index (χ2v) is 6.71. The summed E-state index contributed by atoms with van der Waals surface area (Å²) in [6.07, 6.45) is 2.36. The molecule has 4 rings (SSSR count). The number of β-amino-alcohol motifs (C(OH)–C–C–N with tert-alkyl or cyclic N) is 1. The Morgan fingerprint density at radius 3 is 2.81 bits per heavy atom. The molecule has 0 unspecified atom stereocenters. The van der Waals surface area contributed by atoms with Crippen molar-refractivity contribution >= 4 is 16.8 Å². The van der Waals surface area contributed by atoms with Gasteiger partial charge in [0, 0.05) is 36.7 Å². The molecule has 1 aliphatic heterocycles. The fourth-order valence-electron chi connectivity index (χ4n) is 3.56. The Bertz CT molecular complexity index is 1010. The molecule has 2 atom stereocenters. The molecule has 3 aromatic rings. The second kappa shape index (κ2) is 7.00. The normalized spacial score (nSPS) is 19.6. The van der Waals surface area contributed by atoms with Gasteiger partial charge in [0.1, 0.15) is 5.82 Å². The fourth-order valence-corrected chi connectivity index (χ4v) is 3.56. The highest BCUT2D eigenvalue weighted by molar-refractivity contribution is 5.92. The van der Waals surface area contributed by atoms with Crippen LogP contribution < -0.4 is 0 Å². The first-order valence-corrected chi connectivity index (χ1v) is 8.64. The summed E-state index contributed by atoms with van der Waals surface area (Å²) in [5.41, 5.74) is 1.47. The third kappa shape index (κ3) is 3.38. The summed E-state index contributed by atoms with van der Waals surface area (Å²) in [6, 6.07) is 10.3. The van der Waals surface area contributed by atoms with Gasteiger partial charge in [-0.3, -0.25) is 9.78 Å². The Morgan fingerprint density at radius 2 is 2.00 bits per heavy atom. The van der Waals surface area contributed by atoms with E-state index in [9.17, 15) is 18.7 Å². The van der Waals surface area contributed by atoms with E-state index in [1.165, 1.54) is 4.90 Å². The minimum atomic E-state index is -1.00. The van der Waals surface area contributed by atoms with Crippen LogP contribution in [-0.2, 0) is 6.42 Å². The minimum Gasteiger partial charge on any atom is -0.391 e. The van der Waals surface area contributed by atoms with Gasteiger partial charge in [0.2, 0.25) is 0 Å². The van der Waals surface area contributed by atoms with E-state index in [0.29, 0.717) is 12.5 Å². The summed E-state index contributed by atoms with van der Waals surface area (Å²) in [7, 11) is 0. The van der Waals surface area contributed by atoms with Gasteiger partial charge in [0.15, 0.2) is 11.5 Å². The van der Waals surface area contributed by atoms with E-state index in [-0.39, 0.29) is 19.0 Å². The summed E-state index contributed by atoms with van der Waals surface area (Å²) < 4.78 is 26.9. The maximum Gasteiger partial charge on any atom is 0.275 e. The first-order chi connectivity index (χ1) is 13.0. The minimum absolute atomic E-state index is 0.0883. The number of hydrogen-bond acceptors (Lipinski definition) is 4. The van der Waals surface area contributed by atoms with Crippen LogP contribution in [0.1, 0.15) is 16.1 Å². The smallest absolute Gasteiger partial charge is 0.275 e. The number of halogens is 2. The zero-order valence-corrected chi connectivity index (χ0v) is 14.3. The van der Waals surface area contributed by atoms with Gasteiger partial charge >= 0.3 is 0 Å². The molecule has 3 heterocycles. The lowest BCUT2D eigenvalue weighted by molar-refractivity contribution is 0.0753. The van der Waals surface area contributed by atoms with E-state index < -0.39 is 29.3 Å². The molecule has 0 aliphatic carbocycles. The Morgan fingerprint density at radius 1 is 1.19 bits per heavy atom. The number of amides is 1. The quantitative estimate of drug-likeness (QED) is 0.771. The summed E-state index contributed by atoms with van der Waals surface area (Å²) in [5.74, 6) is -2.68. The highest BCUT2D eigenvalue weighted by Gasteiger charge is 2.36. The number of benzene rings is 1. The van der Waals surface area contributed by atoms with Crippen LogP contribution in [0.15, 0.2) is 48.8 Å². The lowest BCUT2D eigenvalue weighted by Crippen LogP contribution is -2.31. The van der Waals surface area contributed by atoms with Crippen LogP contribution in [0.5, 0.6) is 0 Å². The predicted octanol–water partition coefficient (Wildman–Crippen LogP) is 2.58. The molecule has 1 aromatic carbocycles. The molecule has 1 saturated heterocycles. The Kier molecular flexibility index (Phi) is 4.53. The molecule has 2 aromatic heterocycles. The van der Waals surface area contributed by atoms with Crippen LogP contribution in [0.25, 0.3) is 10.9 Å². The number of likely N-dealkylation sites (tertiary alicyclic amines) is 1. The lowest BCUT2D eigenvalue weighted by Gasteiger charge is -2.16. The van der Waals surface area contributed by atoms with Gasteiger partial charge < -0.3 is 10.0 Å². The Balaban J connectivity index is 1.54. The van der Waals surface area contributed by atoms with Crippen molar-refractivity contribution in [2.24, 2.45) is 5.92 Å². The Labute approximate surface area is 154 Å². The van der Waals surface area contributed by atoms with Crippen molar-refractivity contribution in [2.45, 2.75) is 12.5 Å². The molecule has 5 nitrogen and oxygen atoms in total. The van der Waals surface area contributed by atoms with Crippen molar-refractivity contribution in [3.63, 3.8) is 0 Å². The highest BCUT2D eigenvalue weighted by Crippen LogP contribution is 2.26. The van der Waals surface area contributed by atoms with Gasteiger partial charge in [0.05, 0.1) is 17.8 Å². The zero-order valence-electron chi connectivity index (χ0n) is 14.3. The van der Waals surface area contributed by atoms with Crippen LogP contribution >= 0.6 is 0 Å². The number of carbonyl (C=O) groups is 1. The predicted molar refractivity (Wildman–Crippen MR) is 95.0 cm³/mol. The van der Waals surface area contributed by atoms with Gasteiger partial charge in [-0.15, -0.1) is 0 Å². The number of pyridine rings is 2. The molecular weight excluding hydrogens is 352 g/mol. The third-order valence-electron chi connectivity index (χ3n) is 4.93. The maximum atomic E-state index is 13.9. The van der Waals surface area contributed by atoms with Crippen LogP contribution in [-0.4, -0.2) is 45.1 Å². The number of rotatable bonds is 3. The highest BCUT2D eigenvalue weighted by atomic mass is 19.1. The largest absolute Gasteiger partial charge is 0.391 e. The molecule has 138 valence electrons. The lowest BCUT2D eigenvalue weighted by atomic mass is 9.94. The first-order valence-electron chi connectivity index (χ1n) is 8.64. The number of aliphatic hydroxyl groups is 1. The van der Waals surface area contributed by atoms with E-state index in [4.69, 9.17) is 0 Å². The van der Waals surface area contributed by atoms with Gasteiger partial charge in [-0.2, -0.15) is 0 Å². The molecule has 1 fully saturated rings. The summed E-state index contributed by atoms with van der Waals surface area (Å²) in [5, 5.41) is 11.4. The topological polar surface area (TPSA) is 66.3 Å². The van der Waals surface area contributed by atoms with E-state index in [1.54, 1.807) is 6.20 Å². The maximum absolute atomic E-state index is 13.9. The van der Waals surface area contributed by atoms with Crippen molar-refractivity contribution in [3.8, 4) is 0 Å². The van der Waals surface area contributed by atoms with Crippen LogP contribution in [0.4, 0.5) is 8.78 Å². The average molecular weight is 369 g/mol. The molecule has 0 spiro atoms. The van der Waals surface area contributed by atoms with E-state index in [1.807, 2.05) is 30.3 Å². The third-order valence-corrected chi connectivity index (χ3v) is 4.93. The van der Waals surface area contributed by atoms with Gasteiger partial charge in [-0.25, -0.2) is 13.8 Å². The van der Waals surface area contributed by atoms with Crippen LogP contribution in [0, 0.1) is 17.6 Å². The van der Waals surface area contributed by atoms with E-state index >= 15 is 0 Å². The number of hydrogen-bond donors (Lipinski definition) is 1. The standard InChI is InChI=1S/C20H17F2N3O2/c21-14-8-16(22)19(24-9-14)20(27)25-10-13(18(26)11-25)7-12-5-6-23-17-4-2-1-3-15(12)17/h1-6,8-9,13,18,26H,7,10-11H2/t13-,18-/m1/s1. The molecular formula is C20H17F2N3O2. The van der Waals surface area contributed by atoms with E-state index in [0.717, 1.165) is 22.7 Å². The number of fused-ring (bicyclic) bond motifs is 1. The summed E-state index contributed by atoms with van der Waals surface area (Å²) >= 11 is 0. The summed E-state index contributed by atoms with van der Waals surface area (Å²) in [4.78, 5) is 21.8. The molecule has 1 N–H and O–H groups in total. The van der Waals surface area contributed by atoms with Gasteiger partial charge in [0.25, 0.3) is 5.91 Å². The Hall–Kier alpha value is -2.93. The summed E-state index contributed by atoms with van der Waals surface area (Å²) in [6.45, 7) is 0.361. The van der Waals surface area contributed by atoms with Gasteiger partial charge in [-0.05, 0) is 24.1 Å². The second-order valence-electron chi connectivity index (χ2n) is 6.71. The SMILES string of the molecule is O=C(c1ncc(F)cc1F)N1C[C@@H](Cc2ccnc3ccccc23)[C@H](O)C1. The molecule has 0 radical (unpaired) electrons. The van der Waals surface area contributed by atoms with Gasteiger partial charge in [-0.1, -0.05) is 18.2 Å². The van der Waals surface area contributed by atoms with Crippen LogP contribution in [0.3, 0.4) is 0 Å². The number of aliphatic hydroxyl groups excluding tert-OH is 1. The monoisotopic (exact) mass is 369 g/mol. The zero-order chi connectivity index (χ0) is 19.0. The number of para-hydroxylation sites is 1. The molecule has 1 aliphatic rings. The fraction of sp³-hybridized carbons (Fsp3) is 0.250. The van der Waals surface area contributed by atoms with Crippen molar-refractivity contribution in [1.82, 2.24) is 14.9 Å². The van der Waals surface area contributed by atoms with Crippen LogP contribution in [0.2, 0.25) is 0 Å². The molecule has 27 heavy (non-hydrogen) atoms. The number of aromatic nitrogens is 2. The van der Waals surface area contributed by atoms with Crippen molar-refractivity contribution in [3.05, 3.63) is 71.7 Å². The number of nitrogens with zero attached hydrogens (tertiary/aromatic N) is 3. The van der Waals surface area contributed by atoms with Crippen molar-refractivity contribution in [2.75, 3.05) is 13.1 Å². The molecule has 7 heteroatoms. The van der Waals surface area contributed by atoms with Crippen molar-refractivity contribution in [1.29, 1.82) is 0 Å². The average Bonchev–Trinajstić information content (AvgIpc) is 3.02. The first kappa shape index (κ1) is 17.5. The van der Waals surface area contributed by atoms with E-state index in [2.05, 4.69) is 9.97 Å². The number of carbonyl (C=O) groups excluding carboxylic acids is 1.